The van der Waals surface area contributed by atoms with E-state index in [2.05, 4.69) is 31.1 Å². The van der Waals surface area contributed by atoms with Crippen molar-refractivity contribution in [1.82, 2.24) is 10.2 Å². The van der Waals surface area contributed by atoms with Gasteiger partial charge in [-0.1, -0.05) is 13.8 Å². The van der Waals surface area contributed by atoms with Gasteiger partial charge in [-0.15, -0.1) is 0 Å². The third kappa shape index (κ3) is 3.01. The molecule has 0 aromatic carbocycles. The summed E-state index contributed by atoms with van der Waals surface area (Å²) >= 11 is 0. The molecule has 0 aromatic heterocycles. The van der Waals surface area contributed by atoms with Gasteiger partial charge in [-0.2, -0.15) is 0 Å². The number of nitrogens with one attached hydrogen (secondary N) is 1. The van der Waals surface area contributed by atoms with E-state index in [0.717, 1.165) is 13.1 Å². The third-order valence-corrected chi connectivity index (χ3v) is 4.77. The third-order valence-electron chi connectivity index (χ3n) is 4.77. The lowest BCUT2D eigenvalue weighted by Gasteiger charge is -2.44. The second-order valence-electron chi connectivity index (χ2n) is 6.72. The molecule has 0 aliphatic carbocycles. The molecule has 0 spiro atoms. The zero-order valence-electron chi connectivity index (χ0n) is 11.6. The molecular formula is C14H28N2O. The first-order chi connectivity index (χ1) is 8.00. The van der Waals surface area contributed by atoms with Crippen molar-refractivity contribution in [2.75, 3.05) is 33.2 Å². The monoisotopic (exact) mass is 240 g/mol. The highest BCUT2D eigenvalue weighted by atomic mass is 16.3. The lowest BCUT2D eigenvalue weighted by Crippen LogP contribution is -2.54. The van der Waals surface area contributed by atoms with Gasteiger partial charge in [0, 0.05) is 24.4 Å². The average molecular weight is 240 g/mol. The van der Waals surface area contributed by atoms with E-state index in [-0.39, 0.29) is 11.5 Å². The number of aliphatic hydroxyl groups excluding tert-OH is 1. The molecule has 0 aromatic rings. The van der Waals surface area contributed by atoms with Crippen LogP contribution in [0.25, 0.3) is 0 Å². The van der Waals surface area contributed by atoms with Crippen LogP contribution in [0.5, 0.6) is 0 Å². The molecule has 2 aliphatic rings. The predicted octanol–water partition coefficient (Wildman–Crippen LogP) is 1.32. The lowest BCUT2D eigenvalue weighted by atomic mass is 9.70. The molecule has 2 fully saturated rings. The van der Waals surface area contributed by atoms with Crippen molar-refractivity contribution in [1.29, 1.82) is 0 Å². The number of nitrogens with zero attached hydrogens (tertiary/aromatic N) is 1. The zero-order chi connectivity index (χ0) is 12.5. The van der Waals surface area contributed by atoms with Crippen LogP contribution < -0.4 is 5.32 Å². The molecule has 2 aliphatic heterocycles. The molecule has 2 N–H and O–H groups in total. The fourth-order valence-corrected chi connectivity index (χ4v) is 3.48. The number of piperidine rings is 1. The fourth-order valence-electron chi connectivity index (χ4n) is 3.48. The second-order valence-corrected chi connectivity index (χ2v) is 6.72. The molecule has 17 heavy (non-hydrogen) atoms. The van der Waals surface area contributed by atoms with Gasteiger partial charge in [0.2, 0.25) is 0 Å². The van der Waals surface area contributed by atoms with Crippen LogP contribution in [0, 0.1) is 17.3 Å². The minimum absolute atomic E-state index is 0.0289. The van der Waals surface area contributed by atoms with Gasteiger partial charge in [-0.3, -0.25) is 0 Å². The molecule has 100 valence electrons. The van der Waals surface area contributed by atoms with Crippen LogP contribution in [-0.2, 0) is 0 Å². The maximum Gasteiger partial charge on any atom is 0.0646 e. The Hall–Kier alpha value is -0.120. The van der Waals surface area contributed by atoms with E-state index in [4.69, 9.17) is 0 Å². The Morgan fingerprint density at radius 2 is 2.00 bits per heavy atom. The van der Waals surface area contributed by atoms with Gasteiger partial charge >= 0.3 is 0 Å². The molecule has 2 saturated heterocycles. The van der Waals surface area contributed by atoms with E-state index in [1.807, 2.05) is 0 Å². The summed E-state index contributed by atoms with van der Waals surface area (Å²) in [6, 6.07) is 0. The van der Waals surface area contributed by atoms with Crippen molar-refractivity contribution < 1.29 is 5.11 Å². The number of likely N-dealkylation sites (tertiary alicyclic amines) is 1. The SMILES string of the molecule is CN1CCCC(C2CNCC(C)(C)C2O)CC1. The molecule has 0 radical (unpaired) electrons. The molecule has 0 bridgehead atoms. The standard InChI is InChI=1S/C14H28N2O/c1-14(2)10-15-9-12(13(14)17)11-5-4-7-16(3)8-6-11/h11-13,15,17H,4-10H2,1-3H3. The molecule has 0 saturated carbocycles. The number of hydrogen-bond donors (Lipinski definition) is 2. The summed E-state index contributed by atoms with van der Waals surface area (Å²) in [6.45, 7) is 8.71. The Labute approximate surface area is 106 Å². The first-order valence-corrected chi connectivity index (χ1v) is 7.08. The molecule has 0 amide bonds. The van der Waals surface area contributed by atoms with Crippen molar-refractivity contribution in [3.8, 4) is 0 Å². The van der Waals surface area contributed by atoms with E-state index in [1.54, 1.807) is 0 Å². The average Bonchev–Trinajstić information content (AvgIpc) is 2.47. The van der Waals surface area contributed by atoms with Gasteiger partial charge in [0.05, 0.1) is 6.10 Å². The summed E-state index contributed by atoms with van der Waals surface area (Å²) in [6.07, 6.45) is 3.67. The molecule has 2 rings (SSSR count). The topological polar surface area (TPSA) is 35.5 Å². The Kier molecular flexibility index (Phi) is 4.11. The van der Waals surface area contributed by atoms with Crippen LogP contribution in [-0.4, -0.2) is 49.3 Å². The quantitative estimate of drug-likeness (QED) is 0.726. The summed E-state index contributed by atoms with van der Waals surface area (Å²) in [5.74, 6) is 1.15. The Morgan fingerprint density at radius 1 is 1.24 bits per heavy atom. The highest BCUT2D eigenvalue weighted by Gasteiger charge is 2.41. The Bertz CT molecular complexity index is 255. The van der Waals surface area contributed by atoms with E-state index in [9.17, 15) is 5.11 Å². The molecular weight excluding hydrogens is 212 g/mol. The minimum atomic E-state index is -0.142. The molecule has 3 atom stereocenters. The normalized spacial score (nSPS) is 39.9. The first kappa shape index (κ1) is 13.3. The van der Waals surface area contributed by atoms with Gasteiger partial charge < -0.3 is 15.3 Å². The van der Waals surface area contributed by atoms with Gasteiger partial charge in [-0.05, 0) is 45.3 Å². The van der Waals surface area contributed by atoms with Crippen molar-refractivity contribution in [3.63, 3.8) is 0 Å². The summed E-state index contributed by atoms with van der Waals surface area (Å²) < 4.78 is 0. The van der Waals surface area contributed by atoms with E-state index in [0.29, 0.717) is 11.8 Å². The molecule has 3 unspecified atom stereocenters. The van der Waals surface area contributed by atoms with E-state index in [1.165, 1.54) is 32.4 Å². The summed E-state index contributed by atoms with van der Waals surface area (Å²) in [7, 11) is 2.21. The fraction of sp³-hybridized carbons (Fsp3) is 1.00. The lowest BCUT2D eigenvalue weighted by molar-refractivity contribution is -0.0444. The van der Waals surface area contributed by atoms with Crippen molar-refractivity contribution in [2.45, 2.75) is 39.2 Å². The van der Waals surface area contributed by atoms with Gasteiger partial charge in [0.1, 0.15) is 0 Å². The molecule has 3 nitrogen and oxygen atoms in total. The largest absolute Gasteiger partial charge is 0.392 e. The summed E-state index contributed by atoms with van der Waals surface area (Å²) in [4.78, 5) is 2.42. The van der Waals surface area contributed by atoms with E-state index >= 15 is 0 Å². The Morgan fingerprint density at radius 3 is 2.76 bits per heavy atom. The van der Waals surface area contributed by atoms with Crippen LogP contribution in [0.1, 0.15) is 33.1 Å². The molecule has 2 heterocycles. The van der Waals surface area contributed by atoms with Crippen LogP contribution in [0.4, 0.5) is 0 Å². The van der Waals surface area contributed by atoms with Gasteiger partial charge in [0.25, 0.3) is 0 Å². The van der Waals surface area contributed by atoms with Crippen LogP contribution in [0.3, 0.4) is 0 Å². The van der Waals surface area contributed by atoms with Gasteiger partial charge in [-0.25, -0.2) is 0 Å². The summed E-state index contributed by atoms with van der Waals surface area (Å²) in [5.41, 5.74) is 0.0289. The van der Waals surface area contributed by atoms with Crippen LogP contribution in [0.2, 0.25) is 0 Å². The summed E-state index contributed by atoms with van der Waals surface area (Å²) in [5, 5.41) is 14.1. The Balaban J connectivity index is 2.00. The van der Waals surface area contributed by atoms with E-state index < -0.39 is 0 Å². The highest BCUT2D eigenvalue weighted by Crippen LogP contribution is 2.36. The number of hydrogen-bond acceptors (Lipinski definition) is 3. The van der Waals surface area contributed by atoms with Crippen molar-refractivity contribution >= 4 is 0 Å². The smallest absolute Gasteiger partial charge is 0.0646 e. The first-order valence-electron chi connectivity index (χ1n) is 7.08. The van der Waals surface area contributed by atoms with Crippen molar-refractivity contribution in [3.05, 3.63) is 0 Å². The highest BCUT2D eigenvalue weighted by molar-refractivity contribution is 4.94. The molecule has 3 heteroatoms. The second kappa shape index (κ2) is 5.25. The zero-order valence-corrected chi connectivity index (χ0v) is 11.6. The maximum atomic E-state index is 10.6. The van der Waals surface area contributed by atoms with Gasteiger partial charge in [0.15, 0.2) is 0 Å². The van der Waals surface area contributed by atoms with Crippen molar-refractivity contribution in [2.24, 2.45) is 17.3 Å². The minimum Gasteiger partial charge on any atom is -0.392 e. The number of aliphatic hydroxyl groups is 1. The van der Waals surface area contributed by atoms with Crippen LogP contribution in [0.15, 0.2) is 0 Å². The van der Waals surface area contributed by atoms with Crippen LogP contribution >= 0.6 is 0 Å². The predicted molar refractivity (Wildman–Crippen MR) is 71.0 cm³/mol. The maximum absolute atomic E-state index is 10.6. The number of rotatable bonds is 1.